The first-order valence-corrected chi connectivity index (χ1v) is 14.0. The average Bonchev–Trinajstić information content (AvgIpc) is 3.42. The van der Waals surface area contributed by atoms with Crippen molar-refractivity contribution in [2.75, 3.05) is 12.4 Å². The Morgan fingerprint density at radius 2 is 1.88 bits per heavy atom. The highest BCUT2D eigenvalue weighted by molar-refractivity contribution is 7.90. The van der Waals surface area contributed by atoms with Crippen LogP contribution in [-0.2, 0) is 28.2 Å². The van der Waals surface area contributed by atoms with Gasteiger partial charge in [0.15, 0.2) is 0 Å². The summed E-state index contributed by atoms with van der Waals surface area (Å²) < 4.78 is 118. The molecule has 1 aliphatic rings. The third-order valence-corrected chi connectivity index (χ3v) is 7.94. The van der Waals surface area contributed by atoms with Crippen LogP contribution in [0.3, 0.4) is 0 Å². The first-order valence-electron chi connectivity index (χ1n) is 17.5. The van der Waals surface area contributed by atoms with Crippen LogP contribution in [0.4, 0.5) is 10.5 Å². The zero-order valence-corrected chi connectivity index (χ0v) is 22.7. The van der Waals surface area contributed by atoms with Crippen molar-refractivity contribution in [1.29, 1.82) is 0 Å². The molecule has 1 aromatic heterocycles. The number of nitrogens with zero attached hydrogens (tertiary/aromatic N) is 1. The van der Waals surface area contributed by atoms with E-state index < -0.39 is 65.2 Å². The number of methoxy groups -OCH3 is 1. The van der Waals surface area contributed by atoms with Gasteiger partial charge in [0.05, 0.1) is 16.0 Å². The molecule has 0 bridgehead atoms. The number of aryl methyl sites for hydroxylation is 2. The molecule has 0 radical (unpaired) electrons. The average molecular weight is 586 g/mol. The summed E-state index contributed by atoms with van der Waals surface area (Å²) in [5, 5.41) is 3.13. The van der Waals surface area contributed by atoms with Crippen LogP contribution in [0, 0.1) is 6.85 Å². The van der Waals surface area contributed by atoms with E-state index in [2.05, 4.69) is 5.32 Å². The summed E-state index contributed by atoms with van der Waals surface area (Å²) >= 11 is 0. The molecule has 0 atom stereocenters. The van der Waals surface area contributed by atoms with E-state index in [1.54, 1.807) is 36.0 Å². The number of nitrogens with one attached hydrogen (secondary N) is 2. The molecule has 41 heavy (non-hydrogen) atoms. The molecule has 2 amide bonds. The zero-order chi connectivity index (χ0) is 37.7. The van der Waals surface area contributed by atoms with Gasteiger partial charge in [-0.2, -0.15) is 0 Å². The number of amides is 2. The van der Waals surface area contributed by atoms with Gasteiger partial charge in [-0.1, -0.05) is 24.3 Å². The minimum absolute atomic E-state index is 0.0469. The molecule has 10 heteroatoms. The Bertz CT molecular complexity index is 2100. The van der Waals surface area contributed by atoms with Gasteiger partial charge >= 0.3 is 6.09 Å². The lowest BCUT2D eigenvalue weighted by Crippen LogP contribution is -2.31. The summed E-state index contributed by atoms with van der Waals surface area (Å²) in [7, 11) is -5.87. The number of fused-ring (bicyclic) bond motifs is 1. The van der Waals surface area contributed by atoms with E-state index in [0.717, 1.165) is 18.2 Å². The third-order valence-electron chi connectivity index (χ3n) is 6.55. The largest absolute Gasteiger partial charge is 0.496 e. The molecule has 1 fully saturated rings. The van der Waals surface area contributed by atoms with E-state index in [-0.39, 0.29) is 36.3 Å². The van der Waals surface area contributed by atoms with E-state index >= 15 is 0 Å². The molecule has 2 N–H and O–H groups in total. The minimum atomic E-state index is -4.67. The van der Waals surface area contributed by atoms with Crippen LogP contribution in [-0.4, -0.2) is 38.1 Å². The lowest BCUT2D eigenvalue weighted by Gasteiger charge is -2.13. The van der Waals surface area contributed by atoms with Crippen molar-refractivity contribution < 1.29 is 41.2 Å². The van der Waals surface area contributed by atoms with Crippen LogP contribution in [0.2, 0.25) is 0 Å². The first kappa shape index (κ1) is 18.2. The molecular formula is C31H33N3O6S. The summed E-state index contributed by atoms with van der Waals surface area (Å²) in [4.78, 5) is 25.2. The predicted octanol–water partition coefficient (Wildman–Crippen LogP) is 5.70. The summed E-state index contributed by atoms with van der Waals surface area (Å²) in [5.41, 5.74) is 1.12. The van der Waals surface area contributed by atoms with Gasteiger partial charge in [0, 0.05) is 51.4 Å². The second-order valence-electron chi connectivity index (χ2n) is 9.35. The maximum Gasteiger partial charge on any atom is 0.411 e. The molecule has 1 saturated carbocycles. The molecule has 0 saturated heterocycles. The Kier molecular flexibility index (Phi) is 5.17. The highest BCUT2D eigenvalue weighted by Crippen LogP contribution is 2.30. The number of carbonyl (C=O) groups excluding carboxylic acids is 2. The van der Waals surface area contributed by atoms with Gasteiger partial charge < -0.3 is 14.0 Å². The fourth-order valence-corrected chi connectivity index (χ4v) is 5.67. The molecule has 1 aliphatic carbocycles. The van der Waals surface area contributed by atoms with Crippen molar-refractivity contribution >= 4 is 38.6 Å². The number of sulfonamides is 1. The van der Waals surface area contributed by atoms with Gasteiger partial charge in [0.1, 0.15) is 11.9 Å². The van der Waals surface area contributed by atoms with Gasteiger partial charge in [-0.15, -0.1) is 0 Å². The van der Waals surface area contributed by atoms with Crippen LogP contribution in [0.25, 0.3) is 10.9 Å². The number of ether oxygens (including phenoxy) is 2. The van der Waals surface area contributed by atoms with Crippen molar-refractivity contribution in [2.45, 2.75) is 49.9 Å². The van der Waals surface area contributed by atoms with Gasteiger partial charge in [0.25, 0.3) is 15.9 Å². The van der Waals surface area contributed by atoms with E-state index in [1.165, 1.54) is 24.3 Å². The molecule has 0 spiro atoms. The van der Waals surface area contributed by atoms with Gasteiger partial charge in [0.2, 0.25) is 0 Å². The number of hydrogen-bond acceptors (Lipinski definition) is 6. The molecule has 4 aromatic rings. The predicted molar refractivity (Wildman–Crippen MR) is 157 cm³/mol. The number of hydrogen-bond donors (Lipinski definition) is 2. The summed E-state index contributed by atoms with van der Waals surface area (Å²) in [6.07, 6.45) is -5.13. The van der Waals surface area contributed by atoms with Crippen molar-refractivity contribution in [1.82, 2.24) is 9.29 Å². The maximum atomic E-state index is 13.1. The fraction of sp³-hybridized carbons (Fsp3) is 0.290. The van der Waals surface area contributed by atoms with Crippen LogP contribution in [0.1, 0.15) is 66.3 Å². The van der Waals surface area contributed by atoms with Gasteiger partial charge in [-0.05, 0) is 85.5 Å². The summed E-state index contributed by atoms with van der Waals surface area (Å²) in [5.74, 6) is -1.42. The van der Waals surface area contributed by atoms with Crippen molar-refractivity contribution in [2.24, 2.45) is 7.05 Å². The normalized spacial score (nSPS) is 20.4. The quantitative estimate of drug-likeness (QED) is 0.274. The Morgan fingerprint density at radius 1 is 1.07 bits per heavy atom. The van der Waals surface area contributed by atoms with Crippen molar-refractivity contribution in [3.63, 3.8) is 0 Å². The van der Waals surface area contributed by atoms with Crippen LogP contribution in [0.5, 0.6) is 5.75 Å². The second kappa shape index (κ2) is 11.7. The Hall–Kier alpha value is -4.31. The maximum absolute atomic E-state index is 13.1. The van der Waals surface area contributed by atoms with Crippen molar-refractivity contribution in [3.8, 4) is 5.75 Å². The monoisotopic (exact) mass is 585 g/mol. The van der Waals surface area contributed by atoms with Gasteiger partial charge in [-0.3, -0.25) is 10.1 Å². The number of anilines is 1. The van der Waals surface area contributed by atoms with Crippen LogP contribution < -0.4 is 14.8 Å². The second-order valence-corrected chi connectivity index (χ2v) is 11.0. The molecule has 0 aliphatic heterocycles. The lowest BCUT2D eigenvalue weighted by molar-refractivity contribution is 0.0980. The first-order chi connectivity index (χ1) is 23.5. The Labute approximate surface area is 253 Å². The zero-order valence-electron chi connectivity index (χ0n) is 31.9. The smallest absolute Gasteiger partial charge is 0.411 e. The SMILES string of the molecule is [2H]C([2H])([2H])Oc1cc(C(=O)NS(=O)(=O)c2ccccc2C([2H])([2H])[2H])ccc1Cc1cn(C)c2ccc(NC(=O)OC3C([2H])([2H])CCC3([2H])[2H])cc12. The third kappa shape index (κ3) is 6.22. The number of carbonyl (C=O) groups is 2. The molecule has 9 nitrogen and oxygen atoms in total. The topological polar surface area (TPSA) is 116 Å². The van der Waals surface area contributed by atoms with E-state index in [0.29, 0.717) is 22.0 Å². The van der Waals surface area contributed by atoms with Crippen molar-refractivity contribution in [3.05, 3.63) is 89.1 Å². The molecular weight excluding hydrogens is 542 g/mol. The highest BCUT2D eigenvalue weighted by atomic mass is 32.2. The highest BCUT2D eigenvalue weighted by Gasteiger charge is 2.22. The fourth-order valence-electron chi connectivity index (χ4n) is 4.59. The molecule has 5 rings (SSSR count). The molecule has 0 unspecified atom stereocenters. The number of aromatic nitrogens is 1. The van der Waals surface area contributed by atoms with E-state index in [1.807, 2.05) is 4.72 Å². The molecule has 3 aromatic carbocycles. The molecule has 214 valence electrons. The minimum Gasteiger partial charge on any atom is -0.496 e. The standard InChI is InChI=1S/C31H33N3O6S/c1-20-8-4-7-11-29(20)41(37,38)33-30(35)22-13-12-21(28(17-22)39-3)16-23-19-34(2)27-15-14-24(18-26(23)27)32-31(36)40-25-9-5-6-10-25/h4,7-8,11-15,17-19,25H,5-6,9-10,16H2,1-3H3,(H,32,36)(H,33,35)/i1D3,3D3,9D2,10D2. The summed E-state index contributed by atoms with van der Waals surface area (Å²) in [6, 6.07) is 13.4. The van der Waals surface area contributed by atoms with Crippen LogP contribution >= 0.6 is 0 Å². The van der Waals surface area contributed by atoms with Crippen LogP contribution in [0.15, 0.2) is 71.8 Å². The van der Waals surface area contributed by atoms with E-state index in [9.17, 15) is 18.0 Å². The lowest BCUT2D eigenvalue weighted by atomic mass is 10.0. The number of benzene rings is 3. The molecule has 1 heterocycles. The number of rotatable bonds is 8. The summed E-state index contributed by atoms with van der Waals surface area (Å²) in [6.45, 7) is -2.79. The Morgan fingerprint density at radius 3 is 2.66 bits per heavy atom. The Balaban J connectivity index is 1.42. The van der Waals surface area contributed by atoms with Gasteiger partial charge in [-0.25, -0.2) is 17.9 Å². The van der Waals surface area contributed by atoms with E-state index in [4.69, 9.17) is 23.2 Å².